The van der Waals surface area contributed by atoms with Gasteiger partial charge < -0.3 is 9.88 Å². The van der Waals surface area contributed by atoms with Gasteiger partial charge in [0.15, 0.2) is 0 Å². The number of fused-ring (bicyclic) bond motifs is 1. The van der Waals surface area contributed by atoms with Crippen molar-refractivity contribution in [2.45, 2.75) is 12.2 Å². The third-order valence-corrected chi connectivity index (χ3v) is 5.85. The Labute approximate surface area is 154 Å². The minimum absolute atomic E-state index is 0.110. The standard InChI is InChI=1S/C15H15Cl2N5O2S/c1-9(25(18,23)24)7-20-13-6-12(22-5-4-19-8-22)10-2-3-11(16)14(17)15(10)21-13/h2-6,8-9H,7H2,1H3,(H,20,21)(H2,18,23,24). The first kappa shape index (κ1) is 17.9. The third-order valence-electron chi connectivity index (χ3n) is 3.76. The second kappa shape index (κ2) is 6.80. The van der Waals surface area contributed by atoms with Crippen LogP contribution in [0, 0.1) is 0 Å². The zero-order chi connectivity index (χ0) is 18.2. The van der Waals surface area contributed by atoms with Gasteiger partial charge in [0.2, 0.25) is 10.0 Å². The number of hydrogen-bond acceptors (Lipinski definition) is 5. The van der Waals surface area contributed by atoms with E-state index in [2.05, 4.69) is 15.3 Å². The van der Waals surface area contributed by atoms with Crippen LogP contribution in [0.4, 0.5) is 5.82 Å². The number of nitrogens with two attached hydrogens (primary N) is 1. The average Bonchev–Trinajstić information content (AvgIpc) is 3.09. The van der Waals surface area contributed by atoms with Crippen LogP contribution in [0.15, 0.2) is 36.9 Å². The first-order valence-electron chi connectivity index (χ1n) is 7.30. The molecule has 1 unspecified atom stereocenters. The molecule has 1 atom stereocenters. The van der Waals surface area contributed by atoms with E-state index in [4.69, 9.17) is 28.3 Å². The number of hydrogen-bond donors (Lipinski definition) is 2. The van der Waals surface area contributed by atoms with Crippen LogP contribution in [0.3, 0.4) is 0 Å². The van der Waals surface area contributed by atoms with Gasteiger partial charge in [-0.1, -0.05) is 23.2 Å². The van der Waals surface area contributed by atoms with E-state index in [1.807, 2.05) is 10.6 Å². The summed E-state index contributed by atoms with van der Waals surface area (Å²) in [5.74, 6) is 0.455. The normalized spacial score (nSPS) is 13.1. The summed E-state index contributed by atoms with van der Waals surface area (Å²) in [5, 5.41) is 8.86. The Hall–Kier alpha value is -1.87. The molecule has 0 bridgehead atoms. The zero-order valence-corrected chi connectivity index (χ0v) is 15.5. The number of halogens is 2. The topological polar surface area (TPSA) is 103 Å². The fraction of sp³-hybridized carbons (Fsp3) is 0.200. The van der Waals surface area contributed by atoms with Crippen LogP contribution in [0.1, 0.15) is 6.92 Å². The molecule has 0 aliphatic heterocycles. The van der Waals surface area contributed by atoms with Crippen molar-refractivity contribution in [3.05, 3.63) is 47.0 Å². The lowest BCUT2D eigenvalue weighted by molar-refractivity contribution is 0.587. The molecule has 2 heterocycles. The van der Waals surface area contributed by atoms with Crippen LogP contribution in [0.2, 0.25) is 10.0 Å². The maximum atomic E-state index is 11.4. The maximum Gasteiger partial charge on any atom is 0.213 e. The Balaban J connectivity index is 2.09. The van der Waals surface area contributed by atoms with E-state index in [1.54, 1.807) is 30.9 Å². The number of anilines is 1. The van der Waals surface area contributed by atoms with Gasteiger partial charge in [0, 0.05) is 30.4 Å². The number of pyridine rings is 1. The van der Waals surface area contributed by atoms with Crippen LogP contribution in [-0.2, 0) is 10.0 Å². The minimum Gasteiger partial charge on any atom is -0.369 e. The van der Waals surface area contributed by atoms with Gasteiger partial charge in [-0.05, 0) is 19.1 Å². The molecule has 7 nitrogen and oxygen atoms in total. The van der Waals surface area contributed by atoms with Crippen molar-refractivity contribution >= 4 is 49.9 Å². The summed E-state index contributed by atoms with van der Waals surface area (Å²) in [5.41, 5.74) is 1.29. The molecule has 0 saturated heterocycles. The smallest absolute Gasteiger partial charge is 0.213 e. The SMILES string of the molecule is CC(CNc1cc(-n2ccnc2)c2ccc(Cl)c(Cl)c2n1)S(N)(=O)=O. The first-order valence-corrected chi connectivity index (χ1v) is 9.66. The highest BCUT2D eigenvalue weighted by Gasteiger charge is 2.17. The molecule has 3 rings (SSSR count). The lowest BCUT2D eigenvalue weighted by Gasteiger charge is -2.15. The summed E-state index contributed by atoms with van der Waals surface area (Å²) in [6.07, 6.45) is 5.09. The monoisotopic (exact) mass is 399 g/mol. The lowest BCUT2D eigenvalue weighted by atomic mass is 10.1. The van der Waals surface area contributed by atoms with Crippen molar-refractivity contribution in [3.63, 3.8) is 0 Å². The maximum absolute atomic E-state index is 11.4. The fourth-order valence-electron chi connectivity index (χ4n) is 2.29. The molecule has 0 amide bonds. The Kier molecular flexibility index (Phi) is 4.88. The molecule has 2 aromatic heterocycles. The summed E-state index contributed by atoms with van der Waals surface area (Å²) in [4.78, 5) is 8.51. The Morgan fingerprint density at radius 2 is 2.12 bits per heavy atom. The van der Waals surface area contributed by atoms with Gasteiger partial charge in [-0.25, -0.2) is 23.5 Å². The predicted molar refractivity (Wildman–Crippen MR) is 99.9 cm³/mol. The van der Waals surface area contributed by atoms with Crippen molar-refractivity contribution in [3.8, 4) is 5.69 Å². The van der Waals surface area contributed by atoms with Crippen LogP contribution >= 0.6 is 23.2 Å². The second-order valence-electron chi connectivity index (χ2n) is 5.53. The van der Waals surface area contributed by atoms with Gasteiger partial charge in [0.25, 0.3) is 0 Å². The molecule has 0 aliphatic rings. The predicted octanol–water partition coefficient (Wildman–Crippen LogP) is 2.82. The van der Waals surface area contributed by atoms with Crippen LogP contribution in [-0.4, -0.2) is 34.7 Å². The van der Waals surface area contributed by atoms with E-state index in [0.717, 1.165) is 11.1 Å². The van der Waals surface area contributed by atoms with Gasteiger partial charge in [0.05, 0.1) is 32.8 Å². The second-order valence-corrected chi connectivity index (χ2v) is 8.30. The Bertz CT molecular complexity index is 1020. The molecule has 25 heavy (non-hydrogen) atoms. The molecule has 3 N–H and O–H groups in total. The van der Waals surface area contributed by atoms with Gasteiger partial charge in [-0.15, -0.1) is 0 Å². The number of sulfonamides is 1. The molecular formula is C15H15Cl2N5O2S. The summed E-state index contributed by atoms with van der Waals surface area (Å²) >= 11 is 12.4. The summed E-state index contributed by atoms with van der Waals surface area (Å²) in [7, 11) is -3.64. The highest BCUT2D eigenvalue weighted by Crippen LogP contribution is 2.33. The number of benzene rings is 1. The number of imidazole rings is 1. The molecule has 1 aromatic carbocycles. The summed E-state index contributed by atoms with van der Waals surface area (Å²) in [6, 6.07) is 5.30. The highest BCUT2D eigenvalue weighted by molar-refractivity contribution is 7.89. The highest BCUT2D eigenvalue weighted by atomic mass is 35.5. The van der Waals surface area contributed by atoms with Crippen molar-refractivity contribution in [2.24, 2.45) is 5.14 Å². The summed E-state index contributed by atoms with van der Waals surface area (Å²) in [6.45, 7) is 1.63. The average molecular weight is 400 g/mol. The largest absolute Gasteiger partial charge is 0.369 e. The molecule has 0 spiro atoms. The third kappa shape index (κ3) is 3.72. The van der Waals surface area contributed by atoms with E-state index in [9.17, 15) is 8.42 Å². The van der Waals surface area contributed by atoms with Crippen molar-refractivity contribution in [2.75, 3.05) is 11.9 Å². The lowest BCUT2D eigenvalue weighted by Crippen LogP contribution is -2.32. The fourth-order valence-corrected chi connectivity index (χ4v) is 2.96. The van der Waals surface area contributed by atoms with Crippen molar-refractivity contribution in [1.82, 2.24) is 14.5 Å². The van der Waals surface area contributed by atoms with E-state index in [1.165, 1.54) is 6.92 Å². The molecule has 132 valence electrons. The first-order chi connectivity index (χ1) is 11.8. The molecule has 0 aliphatic carbocycles. The van der Waals surface area contributed by atoms with Gasteiger partial charge >= 0.3 is 0 Å². The van der Waals surface area contributed by atoms with E-state index in [0.29, 0.717) is 21.4 Å². The van der Waals surface area contributed by atoms with E-state index in [-0.39, 0.29) is 6.54 Å². The van der Waals surface area contributed by atoms with E-state index >= 15 is 0 Å². The number of nitrogens with one attached hydrogen (secondary N) is 1. The number of nitrogens with zero attached hydrogens (tertiary/aromatic N) is 3. The number of primary sulfonamides is 1. The number of aromatic nitrogens is 3. The van der Waals surface area contributed by atoms with E-state index < -0.39 is 15.3 Å². The van der Waals surface area contributed by atoms with Crippen molar-refractivity contribution < 1.29 is 8.42 Å². The van der Waals surface area contributed by atoms with Crippen LogP contribution in [0.25, 0.3) is 16.6 Å². The summed E-state index contributed by atoms with van der Waals surface area (Å²) < 4.78 is 24.6. The minimum atomic E-state index is -3.64. The van der Waals surface area contributed by atoms with Gasteiger partial charge in [-0.2, -0.15) is 0 Å². The molecule has 0 fully saturated rings. The molecule has 10 heteroatoms. The van der Waals surface area contributed by atoms with Gasteiger partial charge in [-0.3, -0.25) is 0 Å². The zero-order valence-electron chi connectivity index (χ0n) is 13.1. The molecule has 3 aromatic rings. The van der Waals surface area contributed by atoms with Gasteiger partial charge in [0.1, 0.15) is 5.82 Å². The quantitative estimate of drug-likeness (QED) is 0.686. The molecular weight excluding hydrogens is 385 g/mol. The van der Waals surface area contributed by atoms with Crippen LogP contribution in [0.5, 0.6) is 0 Å². The Morgan fingerprint density at radius 3 is 2.76 bits per heavy atom. The van der Waals surface area contributed by atoms with Crippen molar-refractivity contribution in [1.29, 1.82) is 0 Å². The van der Waals surface area contributed by atoms with Crippen LogP contribution < -0.4 is 10.5 Å². The molecule has 0 saturated carbocycles. The molecule has 0 radical (unpaired) electrons. The Morgan fingerprint density at radius 1 is 1.36 bits per heavy atom. The number of rotatable bonds is 5.